The van der Waals surface area contributed by atoms with Gasteiger partial charge in [0.05, 0.1) is 17.9 Å². The monoisotopic (exact) mass is 341 g/mol. The summed E-state index contributed by atoms with van der Waals surface area (Å²) in [6, 6.07) is 6.98. The standard InChI is InChI=1S/C17H27NO4S/c1-6-18(12-14(4)17(19)22-5)23(20,21)16-9-7-15(8-10-16)11-13(2)3/h7-10,13-14H,6,11-12H2,1-5H3. The highest BCUT2D eigenvalue weighted by atomic mass is 32.2. The average Bonchev–Trinajstić information content (AvgIpc) is 2.51. The van der Waals surface area contributed by atoms with E-state index < -0.39 is 21.9 Å². The summed E-state index contributed by atoms with van der Waals surface area (Å²) >= 11 is 0. The lowest BCUT2D eigenvalue weighted by Gasteiger charge is -2.23. The van der Waals surface area contributed by atoms with Crippen molar-refractivity contribution < 1.29 is 17.9 Å². The third-order valence-electron chi connectivity index (χ3n) is 3.64. The van der Waals surface area contributed by atoms with Gasteiger partial charge in [0, 0.05) is 13.1 Å². The van der Waals surface area contributed by atoms with Crippen LogP contribution < -0.4 is 0 Å². The number of ether oxygens (including phenoxy) is 1. The zero-order valence-corrected chi connectivity index (χ0v) is 15.4. The van der Waals surface area contributed by atoms with Crippen LogP contribution in [0.4, 0.5) is 0 Å². The second-order valence-electron chi connectivity index (χ2n) is 6.12. The van der Waals surface area contributed by atoms with Gasteiger partial charge in [0.2, 0.25) is 10.0 Å². The van der Waals surface area contributed by atoms with Gasteiger partial charge in [-0.2, -0.15) is 4.31 Å². The summed E-state index contributed by atoms with van der Waals surface area (Å²) in [4.78, 5) is 11.8. The van der Waals surface area contributed by atoms with Crippen LogP contribution in [0.3, 0.4) is 0 Å². The van der Waals surface area contributed by atoms with Gasteiger partial charge in [0.25, 0.3) is 0 Å². The number of hydrogen-bond donors (Lipinski definition) is 0. The van der Waals surface area contributed by atoms with E-state index in [0.29, 0.717) is 12.5 Å². The van der Waals surface area contributed by atoms with Crippen LogP contribution >= 0.6 is 0 Å². The van der Waals surface area contributed by atoms with Crippen molar-refractivity contribution in [3.05, 3.63) is 29.8 Å². The van der Waals surface area contributed by atoms with E-state index in [0.717, 1.165) is 12.0 Å². The van der Waals surface area contributed by atoms with Gasteiger partial charge in [-0.05, 0) is 30.0 Å². The predicted octanol–water partition coefficient (Wildman–Crippen LogP) is 2.70. The predicted molar refractivity (Wildman–Crippen MR) is 90.6 cm³/mol. The Morgan fingerprint density at radius 1 is 1.17 bits per heavy atom. The van der Waals surface area contributed by atoms with Crippen LogP contribution in [0.15, 0.2) is 29.2 Å². The molecule has 5 nitrogen and oxygen atoms in total. The second-order valence-corrected chi connectivity index (χ2v) is 8.06. The number of rotatable bonds is 8. The molecule has 0 N–H and O–H groups in total. The molecule has 0 aliphatic heterocycles. The minimum atomic E-state index is -3.61. The molecule has 6 heteroatoms. The summed E-state index contributed by atoms with van der Waals surface area (Å²) in [6.45, 7) is 8.08. The van der Waals surface area contributed by atoms with Crippen molar-refractivity contribution in [1.82, 2.24) is 4.31 Å². The molecular weight excluding hydrogens is 314 g/mol. The maximum Gasteiger partial charge on any atom is 0.309 e. The quantitative estimate of drug-likeness (QED) is 0.682. The van der Waals surface area contributed by atoms with E-state index in [-0.39, 0.29) is 11.4 Å². The topological polar surface area (TPSA) is 63.7 Å². The van der Waals surface area contributed by atoms with Crippen LogP contribution in [0.5, 0.6) is 0 Å². The highest BCUT2D eigenvalue weighted by molar-refractivity contribution is 7.89. The highest BCUT2D eigenvalue weighted by Crippen LogP contribution is 2.19. The normalized spacial score (nSPS) is 13.3. The lowest BCUT2D eigenvalue weighted by atomic mass is 10.0. The number of nitrogens with zero attached hydrogens (tertiary/aromatic N) is 1. The molecule has 0 saturated carbocycles. The van der Waals surface area contributed by atoms with Crippen molar-refractivity contribution in [3.63, 3.8) is 0 Å². The molecule has 1 aromatic carbocycles. The minimum absolute atomic E-state index is 0.110. The summed E-state index contributed by atoms with van der Waals surface area (Å²) in [5, 5.41) is 0. The van der Waals surface area contributed by atoms with E-state index in [2.05, 4.69) is 18.6 Å². The number of carbonyl (C=O) groups excluding carboxylic acids is 1. The number of sulfonamides is 1. The lowest BCUT2D eigenvalue weighted by Crippen LogP contribution is -2.37. The number of methoxy groups -OCH3 is 1. The summed E-state index contributed by atoms with van der Waals surface area (Å²) in [5.74, 6) is -0.397. The smallest absolute Gasteiger partial charge is 0.309 e. The molecule has 0 bridgehead atoms. The van der Waals surface area contributed by atoms with Crippen molar-refractivity contribution in [2.45, 2.75) is 39.0 Å². The Balaban J connectivity index is 2.96. The molecule has 0 aliphatic rings. The maximum atomic E-state index is 12.7. The van der Waals surface area contributed by atoms with E-state index in [4.69, 9.17) is 0 Å². The summed E-state index contributed by atoms with van der Waals surface area (Å²) < 4.78 is 31.4. The first-order valence-electron chi connectivity index (χ1n) is 7.89. The molecular formula is C17H27NO4S. The van der Waals surface area contributed by atoms with Gasteiger partial charge in [-0.1, -0.05) is 39.8 Å². The third-order valence-corrected chi connectivity index (χ3v) is 5.59. The number of carbonyl (C=O) groups is 1. The highest BCUT2D eigenvalue weighted by Gasteiger charge is 2.27. The van der Waals surface area contributed by atoms with E-state index >= 15 is 0 Å². The van der Waals surface area contributed by atoms with Crippen LogP contribution in [-0.4, -0.2) is 38.9 Å². The number of hydrogen-bond acceptors (Lipinski definition) is 4. The zero-order valence-electron chi connectivity index (χ0n) is 14.6. The van der Waals surface area contributed by atoms with Crippen molar-refractivity contribution in [3.8, 4) is 0 Å². The van der Waals surface area contributed by atoms with Gasteiger partial charge in [-0.15, -0.1) is 0 Å². The maximum absolute atomic E-state index is 12.7. The first-order chi connectivity index (χ1) is 10.7. The molecule has 23 heavy (non-hydrogen) atoms. The van der Waals surface area contributed by atoms with Gasteiger partial charge in [-0.25, -0.2) is 8.42 Å². The SMILES string of the molecule is CCN(CC(C)C(=O)OC)S(=O)(=O)c1ccc(CC(C)C)cc1. The Labute approximate surface area is 139 Å². The first-order valence-corrected chi connectivity index (χ1v) is 9.33. The number of benzene rings is 1. The minimum Gasteiger partial charge on any atom is -0.469 e. The molecule has 0 aliphatic carbocycles. The fourth-order valence-electron chi connectivity index (χ4n) is 2.40. The summed E-state index contributed by atoms with van der Waals surface area (Å²) in [5.41, 5.74) is 1.12. The largest absolute Gasteiger partial charge is 0.469 e. The fourth-order valence-corrected chi connectivity index (χ4v) is 3.93. The zero-order chi connectivity index (χ0) is 17.6. The summed E-state index contributed by atoms with van der Waals surface area (Å²) in [6.07, 6.45) is 0.914. The van der Waals surface area contributed by atoms with E-state index in [1.54, 1.807) is 26.0 Å². The molecule has 0 spiro atoms. The Morgan fingerprint density at radius 2 is 1.74 bits per heavy atom. The molecule has 1 unspecified atom stereocenters. The van der Waals surface area contributed by atoms with E-state index in [1.165, 1.54) is 11.4 Å². The van der Waals surface area contributed by atoms with Crippen molar-refractivity contribution in [1.29, 1.82) is 0 Å². The summed E-state index contributed by atoms with van der Waals surface area (Å²) in [7, 11) is -2.30. The first kappa shape index (κ1) is 19.6. The molecule has 0 aromatic heterocycles. The van der Waals surface area contributed by atoms with Gasteiger partial charge in [-0.3, -0.25) is 4.79 Å². The van der Waals surface area contributed by atoms with E-state index in [9.17, 15) is 13.2 Å². The van der Waals surface area contributed by atoms with Crippen LogP contribution in [0.25, 0.3) is 0 Å². The molecule has 130 valence electrons. The Morgan fingerprint density at radius 3 is 2.17 bits per heavy atom. The fraction of sp³-hybridized carbons (Fsp3) is 0.588. The molecule has 1 aromatic rings. The molecule has 0 fully saturated rings. The van der Waals surface area contributed by atoms with Gasteiger partial charge in [0.1, 0.15) is 0 Å². The molecule has 1 atom stereocenters. The van der Waals surface area contributed by atoms with Crippen molar-refractivity contribution in [2.24, 2.45) is 11.8 Å². The molecule has 0 radical (unpaired) electrons. The van der Waals surface area contributed by atoms with Gasteiger partial charge in [0.15, 0.2) is 0 Å². The second kappa shape index (κ2) is 8.45. The molecule has 0 heterocycles. The van der Waals surface area contributed by atoms with E-state index in [1.807, 2.05) is 12.1 Å². The van der Waals surface area contributed by atoms with Gasteiger partial charge < -0.3 is 4.74 Å². The van der Waals surface area contributed by atoms with Crippen LogP contribution in [0.1, 0.15) is 33.3 Å². The number of esters is 1. The average molecular weight is 341 g/mol. The van der Waals surface area contributed by atoms with Crippen molar-refractivity contribution in [2.75, 3.05) is 20.2 Å². The van der Waals surface area contributed by atoms with Crippen LogP contribution in [0, 0.1) is 11.8 Å². The Hall–Kier alpha value is -1.40. The van der Waals surface area contributed by atoms with Crippen molar-refractivity contribution >= 4 is 16.0 Å². The molecule has 0 amide bonds. The van der Waals surface area contributed by atoms with Crippen LogP contribution in [0.2, 0.25) is 0 Å². The van der Waals surface area contributed by atoms with Gasteiger partial charge >= 0.3 is 5.97 Å². The third kappa shape index (κ3) is 5.32. The van der Waals surface area contributed by atoms with Crippen LogP contribution in [-0.2, 0) is 26.0 Å². The molecule has 1 rings (SSSR count). The Bertz CT molecular complexity index is 608. The molecule has 0 saturated heterocycles. The Kier molecular flexibility index (Phi) is 7.22. The lowest BCUT2D eigenvalue weighted by molar-refractivity contribution is -0.145.